The molecule has 2 aromatic carbocycles. The molecule has 0 aliphatic rings. The number of thiol groups is 1. The van der Waals surface area contributed by atoms with E-state index in [0.717, 1.165) is 16.9 Å². The predicted molar refractivity (Wildman–Crippen MR) is 104 cm³/mol. The molecule has 0 fully saturated rings. The van der Waals surface area contributed by atoms with Crippen molar-refractivity contribution in [2.45, 2.75) is 6.92 Å². The molecule has 0 atom stereocenters. The van der Waals surface area contributed by atoms with Gasteiger partial charge in [-0.15, -0.1) is 12.6 Å². The molecule has 0 N–H and O–H groups in total. The van der Waals surface area contributed by atoms with Crippen LogP contribution in [-0.2, 0) is 7.05 Å². The molecule has 0 spiro atoms. The summed E-state index contributed by atoms with van der Waals surface area (Å²) in [5.41, 5.74) is 4.48. The van der Waals surface area contributed by atoms with E-state index >= 15 is 0 Å². The highest BCUT2D eigenvalue weighted by atomic mass is 32.1. The van der Waals surface area contributed by atoms with Crippen molar-refractivity contribution in [2.24, 2.45) is 7.05 Å². The maximum absolute atomic E-state index is 4.56. The number of nitrogens with zero attached hydrogens (tertiary/aromatic N) is 2. The van der Waals surface area contributed by atoms with E-state index < -0.39 is 0 Å². The molecule has 0 aliphatic carbocycles. The highest BCUT2D eigenvalue weighted by molar-refractivity contribution is 7.84. The average Bonchev–Trinajstić information content (AvgIpc) is 2.95. The van der Waals surface area contributed by atoms with E-state index in [0.29, 0.717) is 5.03 Å². The monoisotopic (exact) mass is 320 g/mol. The first-order chi connectivity index (χ1) is 11.1. The molecule has 3 rings (SSSR count). The van der Waals surface area contributed by atoms with Crippen LogP contribution < -0.4 is 4.90 Å². The summed E-state index contributed by atoms with van der Waals surface area (Å²) < 4.78 is 2.12. The Hall–Kier alpha value is -2.39. The van der Waals surface area contributed by atoms with E-state index in [1.54, 1.807) is 0 Å². The molecular weight excluding hydrogens is 300 g/mol. The Labute approximate surface area is 142 Å². The lowest BCUT2D eigenvalue weighted by atomic mass is 10.1. The number of hydrogen-bond acceptors (Lipinski definition) is 2. The molecule has 23 heavy (non-hydrogen) atoms. The van der Waals surface area contributed by atoms with E-state index in [4.69, 9.17) is 0 Å². The third-order valence-electron chi connectivity index (χ3n) is 3.99. The fourth-order valence-corrected chi connectivity index (χ4v) is 3.14. The summed E-state index contributed by atoms with van der Waals surface area (Å²) in [5, 5.41) is 1.87. The average molecular weight is 320 g/mol. The highest BCUT2D eigenvalue weighted by Gasteiger charge is 2.17. The maximum atomic E-state index is 4.56. The summed E-state index contributed by atoms with van der Waals surface area (Å²) in [6, 6.07) is 18.7. The molecule has 3 aromatic rings. The molecular formula is C20H20N2S. The molecule has 3 heteroatoms. The first-order valence-corrected chi connectivity index (χ1v) is 8.02. The van der Waals surface area contributed by atoms with Crippen molar-refractivity contribution in [3.8, 4) is 0 Å². The van der Waals surface area contributed by atoms with Gasteiger partial charge in [-0.25, -0.2) is 0 Å². The van der Waals surface area contributed by atoms with Crippen molar-refractivity contribution in [2.75, 3.05) is 4.90 Å². The Bertz CT molecular complexity index is 875. The van der Waals surface area contributed by atoms with E-state index in [2.05, 4.69) is 84.4 Å². The maximum Gasteiger partial charge on any atom is 0.0695 e. The SMILES string of the molecule is C=C(S)N(/C(=C\C)c1ccccc1)c1cccc2c1ccn2C. The van der Waals surface area contributed by atoms with Crippen LogP contribution >= 0.6 is 12.6 Å². The van der Waals surface area contributed by atoms with Crippen molar-refractivity contribution in [3.63, 3.8) is 0 Å². The molecule has 2 nitrogen and oxygen atoms in total. The lowest BCUT2D eigenvalue weighted by molar-refractivity contribution is 0.969. The molecule has 116 valence electrons. The van der Waals surface area contributed by atoms with Crippen molar-refractivity contribution in [3.05, 3.63) is 84.0 Å². The van der Waals surface area contributed by atoms with Crippen LogP contribution in [0.4, 0.5) is 5.69 Å². The fraction of sp³-hybridized carbons (Fsp3) is 0.100. The Morgan fingerprint density at radius 3 is 2.48 bits per heavy atom. The number of allylic oxidation sites excluding steroid dienone is 1. The second-order valence-corrected chi connectivity index (χ2v) is 5.94. The van der Waals surface area contributed by atoms with Gasteiger partial charge in [-0.05, 0) is 30.7 Å². The normalized spacial score (nSPS) is 11.7. The fourth-order valence-electron chi connectivity index (χ4n) is 2.92. The van der Waals surface area contributed by atoms with Gasteiger partial charge in [-0.1, -0.05) is 49.1 Å². The largest absolute Gasteiger partial charge is 0.350 e. The van der Waals surface area contributed by atoms with Crippen LogP contribution in [0.1, 0.15) is 12.5 Å². The zero-order valence-electron chi connectivity index (χ0n) is 13.4. The van der Waals surface area contributed by atoms with Crippen molar-refractivity contribution in [1.82, 2.24) is 4.57 Å². The highest BCUT2D eigenvalue weighted by Crippen LogP contribution is 2.36. The van der Waals surface area contributed by atoms with Crippen LogP contribution in [0.5, 0.6) is 0 Å². The summed E-state index contributed by atoms with van der Waals surface area (Å²) in [7, 11) is 2.06. The predicted octanol–water partition coefficient (Wildman–Crippen LogP) is 5.45. The van der Waals surface area contributed by atoms with Gasteiger partial charge in [0, 0.05) is 29.8 Å². The Morgan fingerprint density at radius 1 is 1.09 bits per heavy atom. The van der Waals surface area contributed by atoms with Crippen LogP contribution in [0.3, 0.4) is 0 Å². The molecule has 1 heterocycles. The van der Waals surface area contributed by atoms with Gasteiger partial charge in [0.2, 0.25) is 0 Å². The summed E-state index contributed by atoms with van der Waals surface area (Å²) >= 11 is 4.56. The van der Waals surface area contributed by atoms with Gasteiger partial charge in [0.15, 0.2) is 0 Å². The molecule has 0 unspecified atom stereocenters. The van der Waals surface area contributed by atoms with Gasteiger partial charge in [0.05, 0.1) is 10.7 Å². The quantitative estimate of drug-likeness (QED) is 0.629. The van der Waals surface area contributed by atoms with Crippen LogP contribution in [0, 0.1) is 0 Å². The second-order valence-electron chi connectivity index (χ2n) is 5.43. The number of hydrogen-bond donors (Lipinski definition) is 1. The Balaban J connectivity index is 2.20. The second kappa shape index (κ2) is 6.39. The standard InChI is InChI=1S/C20H20N2S/c1-4-18(16-9-6-5-7-10-16)22(15(2)23)20-12-8-11-19-17(20)13-14-21(19)3/h4-14,23H,2H2,1,3H3/b18-4-. The summed E-state index contributed by atoms with van der Waals surface area (Å²) in [5.74, 6) is 0. The first-order valence-electron chi connectivity index (χ1n) is 7.57. The van der Waals surface area contributed by atoms with Crippen molar-refractivity contribution >= 4 is 34.9 Å². The number of benzene rings is 2. The minimum atomic E-state index is 0.693. The zero-order chi connectivity index (χ0) is 16.4. The van der Waals surface area contributed by atoms with Crippen LogP contribution in [0.2, 0.25) is 0 Å². The smallest absolute Gasteiger partial charge is 0.0695 e. The lowest BCUT2D eigenvalue weighted by Gasteiger charge is -2.28. The number of fused-ring (bicyclic) bond motifs is 1. The topological polar surface area (TPSA) is 8.17 Å². The number of anilines is 1. The van der Waals surface area contributed by atoms with Gasteiger partial charge >= 0.3 is 0 Å². The van der Waals surface area contributed by atoms with Gasteiger partial charge in [-0.2, -0.15) is 0 Å². The van der Waals surface area contributed by atoms with Gasteiger partial charge in [-0.3, -0.25) is 0 Å². The van der Waals surface area contributed by atoms with Crippen LogP contribution in [0.15, 0.2) is 78.5 Å². The van der Waals surface area contributed by atoms with E-state index in [1.165, 1.54) is 10.9 Å². The molecule has 0 aliphatic heterocycles. The van der Waals surface area contributed by atoms with E-state index in [-0.39, 0.29) is 0 Å². The lowest BCUT2D eigenvalue weighted by Crippen LogP contribution is -2.17. The van der Waals surface area contributed by atoms with Gasteiger partial charge < -0.3 is 9.47 Å². The molecule has 0 radical (unpaired) electrons. The minimum Gasteiger partial charge on any atom is -0.350 e. The first kappa shape index (κ1) is 15.5. The van der Waals surface area contributed by atoms with E-state index in [1.807, 2.05) is 25.1 Å². The summed E-state index contributed by atoms with van der Waals surface area (Å²) in [6.45, 7) is 6.12. The van der Waals surface area contributed by atoms with Crippen molar-refractivity contribution < 1.29 is 0 Å². The van der Waals surface area contributed by atoms with Gasteiger partial charge in [0.25, 0.3) is 0 Å². The van der Waals surface area contributed by atoms with Crippen molar-refractivity contribution in [1.29, 1.82) is 0 Å². The minimum absolute atomic E-state index is 0.693. The number of aryl methyl sites for hydroxylation is 1. The molecule has 0 bridgehead atoms. The third-order valence-corrected chi connectivity index (χ3v) is 4.19. The van der Waals surface area contributed by atoms with Crippen LogP contribution in [-0.4, -0.2) is 4.57 Å². The van der Waals surface area contributed by atoms with Gasteiger partial charge in [0.1, 0.15) is 0 Å². The zero-order valence-corrected chi connectivity index (χ0v) is 14.3. The summed E-state index contributed by atoms with van der Waals surface area (Å²) in [6.07, 6.45) is 4.17. The number of aromatic nitrogens is 1. The number of rotatable bonds is 4. The molecule has 0 saturated heterocycles. The Kier molecular flexibility index (Phi) is 4.30. The molecule has 0 saturated carbocycles. The molecule has 0 amide bonds. The Morgan fingerprint density at radius 2 is 1.83 bits per heavy atom. The third kappa shape index (κ3) is 2.80. The van der Waals surface area contributed by atoms with Crippen LogP contribution in [0.25, 0.3) is 16.6 Å². The summed E-state index contributed by atoms with van der Waals surface area (Å²) in [4.78, 5) is 2.10. The van der Waals surface area contributed by atoms with E-state index in [9.17, 15) is 0 Å². The molecule has 1 aromatic heterocycles.